The third-order valence-corrected chi connectivity index (χ3v) is 8.89. The van der Waals surface area contributed by atoms with E-state index in [1.54, 1.807) is 17.0 Å². The van der Waals surface area contributed by atoms with Gasteiger partial charge in [-0.05, 0) is 87.2 Å². The summed E-state index contributed by atoms with van der Waals surface area (Å²) in [6, 6.07) is 15.4. The summed E-state index contributed by atoms with van der Waals surface area (Å²) in [5.74, 6) is -1.51. The molecule has 1 unspecified atom stereocenters. The molecule has 2 aliphatic rings. The highest BCUT2D eigenvalue weighted by Gasteiger charge is 2.31. The molecule has 12 nitrogen and oxygen atoms in total. The summed E-state index contributed by atoms with van der Waals surface area (Å²) in [7, 11) is 0. The molecule has 0 bridgehead atoms. The molecular formula is C35H33F2N6O6S-. The molecule has 1 saturated heterocycles. The van der Waals surface area contributed by atoms with Crippen LogP contribution in [0, 0.1) is 17.1 Å². The Morgan fingerprint density at radius 3 is 2.56 bits per heavy atom. The molecule has 0 spiro atoms. The topological polar surface area (TPSA) is 144 Å². The number of nitriles is 1. The lowest BCUT2D eigenvalue weighted by molar-refractivity contribution is 0.0273. The van der Waals surface area contributed by atoms with Crippen LogP contribution in [0.25, 0.3) is 22.2 Å². The third kappa shape index (κ3) is 7.23. The predicted octanol–water partition coefficient (Wildman–Crippen LogP) is 5.77. The normalized spacial score (nSPS) is 17.3. The van der Waals surface area contributed by atoms with Gasteiger partial charge in [-0.25, -0.2) is 28.0 Å². The van der Waals surface area contributed by atoms with Crippen molar-refractivity contribution in [3.8, 4) is 23.3 Å². The number of hydrogen-bond acceptors (Lipinski definition) is 9. The average molecular weight is 704 g/mol. The highest BCUT2D eigenvalue weighted by atomic mass is 32.2. The van der Waals surface area contributed by atoms with Crippen LogP contribution in [0.1, 0.15) is 44.7 Å². The second-order valence-corrected chi connectivity index (χ2v) is 13.6. The minimum Gasteiger partial charge on any atom is -0.754 e. The number of fused-ring (bicyclic) bond motifs is 1. The summed E-state index contributed by atoms with van der Waals surface area (Å²) in [4.78, 5) is 32.4. The van der Waals surface area contributed by atoms with Crippen molar-refractivity contribution in [3.05, 3.63) is 94.3 Å². The van der Waals surface area contributed by atoms with E-state index in [0.717, 1.165) is 27.7 Å². The second-order valence-electron chi connectivity index (χ2n) is 12.8. The number of nitrogens with zero attached hydrogens (tertiary/aromatic N) is 6. The van der Waals surface area contributed by atoms with Gasteiger partial charge in [-0.1, -0.05) is 18.2 Å². The van der Waals surface area contributed by atoms with Crippen LogP contribution in [0.4, 0.5) is 19.3 Å². The quantitative estimate of drug-likeness (QED) is 0.219. The van der Waals surface area contributed by atoms with E-state index in [-0.39, 0.29) is 42.4 Å². The highest BCUT2D eigenvalue weighted by molar-refractivity contribution is 7.80. The van der Waals surface area contributed by atoms with Crippen LogP contribution < -0.4 is 14.7 Å². The maximum absolute atomic E-state index is 15.1. The Morgan fingerprint density at radius 1 is 1.14 bits per heavy atom. The van der Waals surface area contributed by atoms with Gasteiger partial charge in [0.05, 0.1) is 40.1 Å². The van der Waals surface area contributed by atoms with Crippen molar-refractivity contribution in [2.45, 2.75) is 45.4 Å². The van der Waals surface area contributed by atoms with Gasteiger partial charge in [-0.3, -0.25) is 13.6 Å². The first-order valence-corrected chi connectivity index (χ1v) is 16.8. The number of ether oxygens (including phenoxy) is 2. The molecule has 2 atom stereocenters. The molecule has 0 aliphatic carbocycles. The number of anilines is 1. The first-order chi connectivity index (χ1) is 23.8. The van der Waals surface area contributed by atoms with E-state index in [1.165, 1.54) is 34.1 Å². The number of alkyl halides is 1. The Hall–Kier alpha value is -5.17. The standard InChI is InChI=1S/C35H34F2N6O6S/c1-35(2,3)49-34(45)40-15-4-5-23(19-40)22-6-8-25(9-7-22)42-21-39-30-12-10-26(17-27(30)33(42)44)48-32-28(18-38)31(13-11-29(32)37)43(50(46)47)41-16-14-24(36)20-41/h5-13,17,21,24H,4,14-16,19-20H2,1-3H3,(H,46,47)/p-1/t24-/m1/s1. The molecular weight excluding hydrogens is 670 g/mol. The van der Waals surface area contributed by atoms with Gasteiger partial charge in [-0.2, -0.15) is 5.26 Å². The Bertz CT molecular complexity index is 2110. The van der Waals surface area contributed by atoms with E-state index < -0.39 is 45.7 Å². The molecule has 3 aromatic carbocycles. The fourth-order valence-electron chi connectivity index (χ4n) is 5.84. The average Bonchev–Trinajstić information content (AvgIpc) is 3.51. The van der Waals surface area contributed by atoms with E-state index >= 15 is 4.39 Å². The third-order valence-electron chi connectivity index (χ3n) is 8.18. The number of amides is 1. The van der Waals surface area contributed by atoms with Crippen molar-refractivity contribution in [2.24, 2.45) is 0 Å². The number of benzene rings is 3. The van der Waals surface area contributed by atoms with Gasteiger partial charge < -0.3 is 18.9 Å². The van der Waals surface area contributed by atoms with E-state index in [4.69, 9.17) is 9.47 Å². The van der Waals surface area contributed by atoms with Crippen molar-refractivity contribution in [2.75, 3.05) is 30.6 Å². The van der Waals surface area contributed by atoms with Crippen LogP contribution in [0.3, 0.4) is 0 Å². The van der Waals surface area contributed by atoms with Crippen molar-refractivity contribution >= 4 is 39.5 Å². The van der Waals surface area contributed by atoms with Gasteiger partial charge in [0.15, 0.2) is 11.6 Å². The fraction of sp³-hybridized carbons (Fsp3) is 0.314. The van der Waals surface area contributed by atoms with Crippen molar-refractivity contribution < 1.29 is 31.8 Å². The van der Waals surface area contributed by atoms with Crippen LogP contribution >= 0.6 is 0 Å². The molecule has 260 valence electrons. The first-order valence-electron chi connectivity index (χ1n) is 15.8. The number of hydrogen-bond donors (Lipinski definition) is 0. The van der Waals surface area contributed by atoms with Crippen molar-refractivity contribution in [3.63, 3.8) is 0 Å². The van der Waals surface area contributed by atoms with Crippen LogP contribution in [0.2, 0.25) is 0 Å². The van der Waals surface area contributed by atoms with Gasteiger partial charge in [0.25, 0.3) is 5.56 Å². The molecule has 0 saturated carbocycles. The molecule has 1 amide bonds. The molecule has 3 heterocycles. The number of hydrazine groups is 1. The van der Waals surface area contributed by atoms with Crippen molar-refractivity contribution in [1.29, 1.82) is 5.26 Å². The van der Waals surface area contributed by atoms with Gasteiger partial charge >= 0.3 is 6.09 Å². The Morgan fingerprint density at radius 2 is 1.90 bits per heavy atom. The minimum absolute atomic E-state index is 0.00406. The van der Waals surface area contributed by atoms with Gasteiger partial charge in [-0.15, -0.1) is 0 Å². The number of halogens is 2. The Labute approximate surface area is 289 Å². The van der Waals surface area contributed by atoms with E-state index in [9.17, 15) is 28.0 Å². The summed E-state index contributed by atoms with van der Waals surface area (Å²) in [5, 5.41) is 11.3. The monoisotopic (exact) mass is 703 g/mol. The molecule has 1 fully saturated rings. The molecule has 1 aromatic heterocycles. The smallest absolute Gasteiger partial charge is 0.410 e. The zero-order valence-corrected chi connectivity index (χ0v) is 28.3. The lowest BCUT2D eigenvalue weighted by atomic mass is 10.0. The zero-order valence-electron chi connectivity index (χ0n) is 27.5. The second kappa shape index (κ2) is 14.0. The summed E-state index contributed by atoms with van der Waals surface area (Å²) in [6.07, 6.45) is 2.59. The molecule has 2 aliphatic heterocycles. The number of carbonyl (C=O) groups is 1. The lowest BCUT2D eigenvalue weighted by Gasteiger charge is -2.35. The SMILES string of the molecule is CC(C)(C)OC(=O)N1CCC=C(c2ccc(-n3cnc4ccc(Oc5c(F)ccc(N(N6CC[C@@H](F)C6)S(=O)[O-])c5C#N)cc4c3=O)cc2)C1. The fourth-order valence-corrected chi connectivity index (χ4v) is 6.49. The first kappa shape index (κ1) is 34.7. The maximum atomic E-state index is 15.1. The maximum Gasteiger partial charge on any atom is 0.410 e. The van der Waals surface area contributed by atoms with E-state index in [2.05, 4.69) is 11.1 Å². The molecule has 0 N–H and O–H groups in total. The van der Waals surface area contributed by atoms with Gasteiger partial charge in [0.2, 0.25) is 0 Å². The molecule has 6 rings (SSSR count). The van der Waals surface area contributed by atoms with Crippen LogP contribution in [0.15, 0.2) is 71.8 Å². The van der Waals surface area contributed by atoms with E-state index in [0.29, 0.717) is 30.7 Å². The number of carbonyl (C=O) groups excluding carboxylic acids is 1. The largest absolute Gasteiger partial charge is 0.754 e. The van der Waals surface area contributed by atoms with E-state index in [1.807, 2.05) is 39.0 Å². The predicted molar refractivity (Wildman–Crippen MR) is 181 cm³/mol. The summed E-state index contributed by atoms with van der Waals surface area (Å²) in [6.45, 7) is 6.25. The molecule has 50 heavy (non-hydrogen) atoms. The number of rotatable bonds is 7. The van der Waals surface area contributed by atoms with Gasteiger partial charge in [0, 0.05) is 19.6 Å². The molecule has 15 heteroatoms. The summed E-state index contributed by atoms with van der Waals surface area (Å²) in [5.41, 5.74) is 1.00. The van der Waals surface area contributed by atoms with Gasteiger partial charge in [0.1, 0.15) is 35.5 Å². The molecule has 4 aromatic rings. The van der Waals surface area contributed by atoms with Crippen molar-refractivity contribution in [1.82, 2.24) is 19.5 Å². The van der Waals surface area contributed by atoms with Crippen LogP contribution in [-0.4, -0.2) is 72.3 Å². The highest BCUT2D eigenvalue weighted by Crippen LogP contribution is 2.37. The van der Waals surface area contributed by atoms with Crippen LogP contribution in [0.5, 0.6) is 11.5 Å². The van der Waals surface area contributed by atoms with Crippen LogP contribution in [-0.2, 0) is 16.0 Å². The summed E-state index contributed by atoms with van der Waals surface area (Å²) >= 11 is -2.95. The Kier molecular flexibility index (Phi) is 9.70. The molecule has 0 radical (unpaired) electrons. The number of aromatic nitrogens is 2. The lowest BCUT2D eigenvalue weighted by Crippen LogP contribution is -2.43. The Balaban J connectivity index is 1.27. The summed E-state index contributed by atoms with van der Waals surface area (Å²) < 4.78 is 66.8. The zero-order chi connectivity index (χ0) is 35.7. The minimum atomic E-state index is -2.95.